The van der Waals surface area contributed by atoms with Crippen molar-refractivity contribution < 1.29 is 19.3 Å². The normalized spacial score (nSPS) is 21.1. The van der Waals surface area contributed by atoms with Crippen molar-refractivity contribution in [1.29, 1.82) is 5.26 Å². The average Bonchev–Trinajstić information content (AvgIpc) is 3.41. The topological polar surface area (TPSA) is 113 Å². The van der Waals surface area contributed by atoms with E-state index in [0.717, 1.165) is 16.3 Å². The van der Waals surface area contributed by atoms with Gasteiger partial charge in [0, 0.05) is 30.4 Å². The van der Waals surface area contributed by atoms with Gasteiger partial charge in [-0.1, -0.05) is 17.7 Å². The van der Waals surface area contributed by atoms with E-state index in [1.54, 1.807) is 13.2 Å². The molecule has 2 unspecified atom stereocenters. The summed E-state index contributed by atoms with van der Waals surface area (Å²) in [4.78, 5) is 2.07. The molecule has 0 radical (unpaired) electrons. The first-order valence-corrected chi connectivity index (χ1v) is 10.9. The summed E-state index contributed by atoms with van der Waals surface area (Å²) in [6.45, 7) is 1.48. The van der Waals surface area contributed by atoms with E-state index < -0.39 is 6.29 Å². The molecule has 2 atom stereocenters. The zero-order valence-electron chi connectivity index (χ0n) is 18.3. The molecule has 2 aliphatic rings. The molecule has 0 aliphatic carbocycles. The van der Waals surface area contributed by atoms with Crippen LogP contribution in [0.3, 0.4) is 0 Å². The number of methoxy groups -OCH3 is 1. The summed E-state index contributed by atoms with van der Waals surface area (Å²) in [5.74, 6) is 1.89. The van der Waals surface area contributed by atoms with Gasteiger partial charge in [-0.3, -0.25) is 0 Å². The Hall–Kier alpha value is -2.87. The Morgan fingerprint density at radius 1 is 1.18 bits per heavy atom. The van der Waals surface area contributed by atoms with Gasteiger partial charge >= 0.3 is 0 Å². The van der Waals surface area contributed by atoms with Crippen molar-refractivity contribution in [2.24, 2.45) is 0 Å². The SMILES string of the molecule is COc1ccc(CNc2nnc(N3CC4OC(CO)OC4C3)c3ccc(C#N)cc23)cc1Cl.Cl. The fraction of sp³-hybridized carbons (Fsp3) is 0.348. The van der Waals surface area contributed by atoms with Crippen molar-refractivity contribution in [1.82, 2.24) is 10.2 Å². The minimum absolute atomic E-state index is 0. The van der Waals surface area contributed by atoms with Gasteiger partial charge in [0.25, 0.3) is 0 Å². The van der Waals surface area contributed by atoms with Crippen LogP contribution in [0.4, 0.5) is 11.6 Å². The molecule has 0 saturated carbocycles. The number of nitriles is 1. The van der Waals surface area contributed by atoms with E-state index in [1.807, 2.05) is 30.3 Å². The molecule has 2 fully saturated rings. The predicted octanol–water partition coefficient (Wildman–Crippen LogP) is 3.12. The van der Waals surface area contributed by atoms with Crippen molar-refractivity contribution in [3.05, 3.63) is 52.5 Å². The zero-order valence-corrected chi connectivity index (χ0v) is 19.8. The van der Waals surface area contributed by atoms with Crippen molar-refractivity contribution in [3.63, 3.8) is 0 Å². The lowest BCUT2D eigenvalue weighted by Gasteiger charge is -2.21. The molecule has 2 aliphatic heterocycles. The van der Waals surface area contributed by atoms with Crippen LogP contribution >= 0.6 is 24.0 Å². The summed E-state index contributed by atoms with van der Waals surface area (Å²) in [5, 5.41) is 33.1. The van der Waals surface area contributed by atoms with Crippen LogP contribution < -0.4 is 15.0 Å². The number of halogens is 2. The fourth-order valence-electron chi connectivity index (χ4n) is 4.27. The molecule has 2 aromatic carbocycles. The Kier molecular flexibility index (Phi) is 7.26. The second kappa shape index (κ2) is 10.2. The summed E-state index contributed by atoms with van der Waals surface area (Å²) in [6, 6.07) is 13.2. The van der Waals surface area contributed by atoms with Crippen LogP contribution in [-0.2, 0) is 16.0 Å². The summed E-state index contributed by atoms with van der Waals surface area (Å²) in [6.07, 6.45) is -0.828. The molecule has 0 amide bonds. The van der Waals surface area contributed by atoms with Crippen LogP contribution in [0.25, 0.3) is 10.8 Å². The number of rotatable bonds is 6. The Balaban J connectivity index is 0.00000274. The second-order valence-corrected chi connectivity index (χ2v) is 8.34. The third-order valence-corrected chi connectivity index (χ3v) is 6.18. The van der Waals surface area contributed by atoms with Crippen molar-refractivity contribution in [2.45, 2.75) is 25.0 Å². The first kappa shape index (κ1) is 24.3. The molecule has 11 heteroatoms. The molecular weight excluding hydrogens is 481 g/mol. The lowest BCUT2D eigenvalue weighted by atomic mass is 10.1. The molecule has 9 nitrogen and oxygen atoms in total. The number of anilines is 2. The Labute approximate surface area is 207 Å². The summed E-state index contributed by atoms with van der Waals surface area (Å²) < 4.78 is 16.7. The number of aromatic nitrogens is 2. The lowest BCUT2D eigenvalue weighted by molar-refractivity contribution is -0.0967. The molecule has 5 rings (SSSR count). The van der Waals surface area contributed by atoms with Gasteiger partial charge in [-0.25, -0.2) is 0 Å². The standard InChI is InChI=1S/C23H22ClN5O4.ClH/c1-31-18-5-3-14(7-17(18)24)9-26-22-16-6-13(8-25)2-4-15(16)23(28-27-22)29-10-19-20(11-29)33-21(12-30)32-19;/h2-7,19-21,30H,9-12H2,1H3,(H,26,27);1H. The number of aliphatic hydroxyl groups is 1. The third kappa shape index (κ3) is 4.56. The fourth-order valence-corrected chi connectivity index (χ4v) is 4.55. The Morgan fingerprint density at radius 3 is 2.59 bits per heavy atom. The van der Waals surface area contributed by atoms with Crippen LogP contribution in [-0.4, -0.2) is 60.6 Å². The van der Waals surface area contributed by atoms with Crippen LogP contribution in [0.1, 0.15) is 11.1 Å². The highest BCUT2D eigenvalue weighted by Gasteiger charge is 2.43. The molecule has 1 aromatic heterocycles. The number of aliphatic hydroxyl groups excluding tert-OH is 1. The van der Waals surface area contributed by atoms with E-state index >= 15 is 0 Å². The highest BCUT2D eigenvalue weighted by atomic mass is 35.5. The summed E-state index contributed by atoms with van der Waals surface area (Å²) in [5.41, 5.74) is 1.49. The lowest BCUT2D eigenvalue weighted by Crippen LogP contribution is -2.28. The summed E-state index contributed by atoms with van der Waals surface area (Å²) >= 11 is 6.24. The van der Waals surface area contributed by atoms with E-state index in [2.05, 4.69) is 26.5 Å². The van der Waals surface area contributed by atoms with Gasteiger partial charge in [0.1, 0.15) is 18.0 Å². The van der Waals surface area contributed by atoms with E-state index in [1.165, 1.54) is 0 Å². The molecule has 3 aromatic rings. The number of fused-ring (bicyclic) bond motifs is 2. The minimum atomic E-state index is -0.568. The van der Waals surface area contributed by atoms with Crippen LogP contribution in [0.15, 0.2) is 36.4 Å². The second-order valence-electron chi connectivity index (χ2n) is 7.93. The maximum Gasteiger partial charge on any atom is 0.181 e. The van der Waals surface area contributed by atoms with Gasteiger partial charge < -0.3 is 29.5 Å². The molecule has 0 spiro atoms. The molecule has 2 saturated heterocycles. The predicted molar refractivity (Wildman–Crippen MR) is 130 cm³/mol. The molecule has 2 N–H and O–H groups in total. The zero-order chi connectivity index (χ0) is 22.9. The molecular formula is C23H23Cl2N5O4. The van der Waals surface area contributed by atoms with E-state index in [-0.39, 0.29) is 31.2 Å². The first-order valence-electron chi connectivity index (χ1n) is 10.5. The number of nitrogens with zero attached hydrogens (tertiary/aromatic N) is 4. The number of hydrogen-bond acceptors (Lipinski definition) is 9. The van der Waals surface area contributed by atoms with Gasteiger partial charge in [-0.15, -0.1) is 22.6 Å². The largest absolute Gasteiger partial charge is 0.495 e. The van der Waals surface area contributed by atoms with Gasteiger partial charge in [0.2, 0.25) is 0 Å². The van der Waals surface area contributed by atoms with Crippen LogP contribution in [0.5, 0.6) is 5.75 Å². The molecule has 178 valence electrons. The van der Waals surface area contributed by atoms with Gasteiger partial charge in [0.05, 0.1) is 30.4 Å². The number of benzene rings is 2. The Bertz CT molecular complexity index is 1220. The quantitative estimate of drug-likeness (QED) is 0.523. The molecule has 3 heterocycles. The first-order chi connectivity index (χ1) is 16.1. The number of hydrogen-bond donors (Lipinski definition) is 2. The van der Waals surface area contributed by atoms with E-state index in [0.29, 0.717) is 47.6 Å². The molecule has 34 heavy (non-hydrogen) atoms. The number of nitrogens with one attached hydrogen (secondary N) is 1. The monoisotopic (exact) mass is 503 g/mol. The maximum absolute atomic E-state index is 9.42. The molecule has 0 bridgehead atoms. The van der Waals surface area contributed by atoms with E-state index in [4.69, 9.17) is 25.8 Å². The number of ether oxygens (including phenoxy) is 3. The maximum atomic E-state index is 9.42. The minimum Gasteiger partial charge on any atom is -0.495 e. The van der Waals surface area contributed by atoms with Crippen LogP contribution in [0.2, 0.25) is 5.02 Å². The van der Waals surface area contributed by atoms with Crippen molar-refractivity contribution >= 4 is 46.4 Å². The highest BCUT2D eigenvalue weighted by Crippen LogP contribution is 2.35. The van der Waals surface area contributed by atoms with Gasteiger partial charge in [-0.05, 0) is 35.9 Å². The van der Waals surface area contributed by atoms with Gasteiger partial charge in [0.15, 0.2) is 17.9 Å². The smallest absolute Gasteiger partial charge is 0.181 e. The van der Waals surface area contributed by atoms with Crippen molar-refractivity contribution in [3.8, 4) is 11.8 Å². The van der Waals surface area contributed by atoms with Gasteiger partial charge in [-0.2, -0.15) is 5.26 Å². The third-order valence-electron chi connectivity index (χ3n) is 5.88. The van der Waals surface area contributed by atoms with Crippen LogP contribution in [0, 0.1) is 11.3 Å². The van der Waals surface area contributed by atoms with Crippen molar-refractivity contribution in [2.75, 3.05) is 37.0 Å². The van der Waals surface area contributed by atoms with E-state index in [9.17, 15) is 10.4 Å². The summed E-state index contributed by atoms with van der Waals surface area (Å²) in [7, 11) is 1.58. The average molecular weight is 504 g/mol. The highest BCUT2D eigenvalue weighted by molar-refractivity contribution is 6.32. The Morgan fingerprint density at radius 2 is 1.94 bits per heavy atom.